The van der Waals surface area contributed by atoms with Crippen LogP contribution in [0.25, 0.3) is 28.3 Å². The third-order valence-electron chi connectivity index (χ3n) is 7.83. The van der Waals surface area contributed by atoms with E-state index in [1.54, 1.807) is 21.9 Å². The van der Waals surface area contributed by atoms with Gasteiger partial charge in [0.05, 0.1) is 8.80 Å². The summed E-state index contributed by atoms with van der Waals surface area (Å²) in [6.07, 6.45) is 4.71. The molecule has 0 saturated carbocycles. The highest BCUT2D eigenvalue weighted by Crippen LogP contribution is 2.51. The molecule has 0 N–H and O–H groups in total. The highest BCUT2D eigenvalue weighted by Gasteiger charge is 2.36. The minimum Gasteiger partial charge on any atom is -0.0671 e. The van der Waals surface area contributed by atoms with E-state index < -0.39 is 8.80 Å². The third-order valence-corrected chi connectivity index (χ3v) is 9.34. The molecule has 0 nitrogen and oxygen atoms in total. The Balaban J connectivity index is 1.61. The van der Waals surface area contributed by atoms with E-state index in [4.69, 9.17) is 0 Å². The van der Waals surface area contributed by atoms with Gasteiger partial charge in [-0.25, -0.2) is 0 Å². The lowest BCUT2D eigenvalue weighted by molar-refractivity contribution is 0.405. The molecule has 1 atom stereocenters. The fourth-order valence-electron chi connectivity index (χ4n) is 6.44. The second-order valence-corrected chi connectivity index (χ2v) is 14.5. The van der Waals surface area contributed by atoms with Crippen molar-refractivity contribution in [1.29, 1.82) is 0 Å². The van der Waals surface area contributed by atoms with Crippen molar-refractivity contribution >= 4 is 20.1 Å². The lowest BCUT2D eigenvalue weighted by Crippen LogP contribution is -2.30. The van der Waals surface area contributed by atoms with E-state index in [-0.39, 0.29) is 5.41 Å². The van der Waals surface area contributed by atoms with Crippen molar-refractivity contribution in [2.45, 2.75) is 52.6 Å². The summed E-state index contributed by atoms with van der Waals surface area (Å²) in [6, 6.07) is 31.8. The van der Waals surface area contributed by atoms with E-state index in [9.17, 15) is 0 Å². The van der Waals surface area contributed by atoms with Crippen molar-refractivity contribution in [2.75, 3.05) is 0 Å². The van der Waals surface area contributed by atoms with Gasteiger partial charge in [-0.05, 0) is 68.3 Å². The first-order valence-electron chi connectivity index (χ1n) is 13.3. The number of hydrogen-bond acceptors (Lipinski definition) is 0. The molecule has 1 heteroatoms. The molecule has 179 valence electrons. The van der Waals surface area contributed by atoms with Gasteiger partial charge in [0, 0.05) is 5.92 Å². The fourth-order valence-corrected chi connectivity index (χ4v) is 7.69. The first-order valence-corrected chi connectivity index (χ1v) is 15.8. The Morgan fingerprint density at radius 1 is 0.750 bits per heavy atom. The van der Waals surface area contributed by atoms with Crippen LogP contribution in [0.1, 0.15) is 60.9 Å². The molecule has 0 saturated heterocycles. The highest BCUT2D eigenvalue weighted by molar-refractivity contribution is 6.71. The van der Waals surface area contributed by atoms with Crippen LogP contribution in [0.4, 0.5) is 0 Å². The standard InChI is InChI=1S/C35H35Si/c1-35(2,3)22-25-21-30-26(23-12-7-6-8-13-23)16-11-17-29(30)33(25)34-31-20-24-14-9-10-15-27(24)28(31)18-19-32(34)36(4)5/h6-19,21,33H,20,22H2,1-5H3. The van der Waals surface area contributed by atoms with Crippen LogP contribution in [-0.2, 0) is 6.42 Å². The number of rotatable bonds is 4. The third kappa shape index (κ3) is 3.91. The molecule has 1 unspecified atom stereocenters. The molecule has 0 heterocycles. The van der Waals surface area contributed by atoms with E-state index in [1.165, 1.54) is 38.9 Å². The van der Waals surface area contributed by atoms with Gasteiger partial charge >= 0.3 is 0 Å². The van der Waals surface area contributed by atoms with Crippen LogP contribution in [-0.4, -0.2) is 8.80 Å². The van der Waals surface area contributed by atoms with E-state index in [1.807, 2.05) is 0 Å². The maximum atomic E-state index is 2.55. The normalized spacial score (nSPS) is 16.1. The number of fused-ring (bicyclic) bond motifs is 4. The quantitative estimate of drug-likeness (QED) is 0.224. The summed E-state index contributed by atoms with van der Waals surface area (Å²) in [7, 11) is -0.643. The molecule has 1 radical (unpaired) electrons. The van der Waals surface area contributed by atoms with Gasteiger partial charge in [0.1, 0.15) is 0 Å². The van der Waals surface area contributed by atoms with E-state index >= 15 is 0 Å². The van der Waals surface area contributed by atoms with E-state index in [0.717, 1.165) is 12.8 Å². The molecule has 6 rings (SSSR count). The molecular formula is C35H35Si. The number of hydrogen-bond donors (Lipinski definition) is 0. The lowest BCUT2D eigenvalue weighted by atomic mass is 9.78. The summed E-state index contributed by atoms with van der Waals surface area (Å²) in [5.41, 5.74) is 14.9. The van der Waals surface area contributed by atoms with Crippen molar-refractivity contribution in [3.8, 4) is 22.3 Å². The molecule has 0 amide bonds. The monoisotopic (exact) mass is 483 g/mol. The largest absolute Gasteiger partial charge is 0.0795 e. The highest BCUT2D eigenvalue weighted by atomic mass is 28.3. The van der Waals surface area contributed by atoms with Gasteiger partial charge in [-0.2, -0.15) is 0 Å². The summed E-state index contributed by atoms with van der Waals surface area (Å²) in [4.78, 5) is 0. The van der Waals surface area contributed by atoms with Crippen LogP contribution >= 0.6 is 0 Å². The molecule has 0 fully saturated rings. The molecule has 0 bridgehead atoms. The Hall–Kier alpha value is -3.16. The summed E-state index contributed by atoms with van der Waals surface area (Å²) in [6.45, 7) is 12.1. The second kappa shape index (κ2) is 8.75. The Kier molecular flexibility index (Phi) is 5.65. The zero-order valence-corrected chi connectivity index (χ0v) is 23.2. The maximum Gasteiger partial charge on any atom is 0.0795 e. The zero-order valence-electron chi connectivity index (χ0n) is 22.2. The molecule has 0 aromatic heterocycles. The summed E-state index contributed by atoms with van der Waals surface area (Å²) < 4.78 is 0. The number of allylic oxidation sites excluding steroid dienone is 1. The smallest absolute Gasteiger partial charge is 0.0671 e. The predicted octanol–water partition coefficient (Wildman–Crippen LogP) is 8.85. The van der Waals surface area contributed by atoms with Crippen molar-refractivity contribution in [3.63, 3.8) is 0 Å². The van der Waals surface area contributed by atoms with Gasteiger partial charge in [0.25, 0.3) is 0 Å². The molecule has 0 spiro atoms. The van der Waals surface area contributed by atoms with Crippen LogP contribution in [0, 0.1) is 5.41 Å². The molecule has 2 aliphatic carbocycles. The van der Waals surface area contributed by atoms with Gasteiger partial charge in [-0.1, -0.05) is 136 Å². The number of benzene rings is 4. The Bertz CT molecular complexity index is 1480. The Morgan fingerprint density at radius 2 is 1.47 bits per heavy atom. The van der Waals surface area contributed by atoms with E-state index in [2.05, 4.69) is 125 Å². The van der Waals surface area contributed by atoms with Gasteiger partial charge < -0.3 is 0 Å². The van der Waals surface area contributed by atoms with Crippen LogP contribution in [0.3, 0.4) is 0 Å². The zero-order chi connectivity index (χ0) is 25.0. The molecular weight excluding hydrogens is 448 g/mol. The predicted molar refractivity (Wildman–Crippen MR) is 158 cm³/mol. The van der Waals surface area contributed by atoms with Crippen molar-refractivity contribution in [3.05, 3.63) is 118 Å². The van der Waals surface area contributed by atoms with Gasteiger partial charge in [-0.3, -0.25) is 0 Å². The summed E-state index contributed by atoms with van der Waals surface area (Å²) in [5.74, 6) is 0.335. The Labute approximate surface area is 218 Å². The van der Waals surface area contributed by atoms with Crippen molar-refractivity contribution < 1.29 is 0 Å². The van der Waals surface area contributed by atoms with Crippen LogP contribution in [0.2, 0.25) is 13.1 Å². The van der Waals surface area contributed by atoms with Crippen LogP contribution < -0.4 is 5.19 Å². The first-order chi connectivity index (χ1) is 17.3. The molecule has 4 aromatic carbocycles. The first kappa shape index (κ1) is 23.2. The second-order valence-electron chi connectivity index (χ2n) is 12.0. The summed E-state index contributed by atoms with van der Waals surface area (Å²) >= 11 is 0. The van der Waals surface area contributed by atoms with Crippen LogP contribution in [0.5, 0.6) is 0 Å². The minimum absolute atomic E-state index is 0.228. The average molecular weight is 484 g/mol. The van der Waals surface area contributed by atoms with Crippen molar-refractivity contribution in [2.24, 2.45) is 5.41 Å². The fraction of sp³-hybridized carbons (Fsp3) is 0.257. The molecule has 36 heavy (non-hydrogen) atoms. The summed E-state index contributed by atoms with van der Waals surface area (Å²) in [5, 5.41) is 1.61. The van der Waals surface area contributed by atoms with Crippen LogP contribution in [0.15, 0.2) is 90.5 Å². The van der Waals surface area contributed by atoms with Gasteiger partial charge in [0.2, 0.25) is 0 Å². The van der Waals surface area contributed by atoms with E-state index in [0.29, 0.717) is 5.92 Å². The minimum atomic E-state index is -0.643. The van der Waals surface area contributed by atoms with Crippen molar-refractivity contribution in [1.82, 2.24) is 0 Å². The molecule has 0 aliphatic heterocycles. The van der Waals surface area contributed by atoms with Gasteiger partial charge in [-0.15, -0.1) is 0 Å². The Morgan fingerprint density at radius 3 is 2.22 bits per heavy atom. The lowest BCUT2D eigenvalue weighted by Gasteiger charge is -2.29. The molecule has 2 aliphatic rings. The van der Waals surface area contributed by atoms with Gasteiger partial charge in [0.15, 0.2) is 0 Å². The average Bonchev–Trinajstić information content (AvgIpc) is 3.40. The molecule has 4 aromatic rings. The SMILES string of the molecule is C[Si](C)c1ccc2c(c1C1C(CC(C)(C)C)=Cc3c(-c4ccccc4)cccc31)Cc1ccccc1-2. The topological polar surface area (TPSA) is 0 Å². The maximum absolute atomic E-state index is 2.55.